The highest BCUT2D eigenvalue weighted by Crippen LogP contribution is 2.25. The van der Waals surface area contributed by atoms with Gasteiger partial charge in [0.2, 0.25) is 4.96 Å². The third-order valence-corrected chi connectivity index (χ3v) is 5.94. The van der Waals surface area contributed by atoms with Crippen molar-refractivity contribution in [3.8, 4) is 17.0 Å². The minimum absolute atomic E-state index is 0.0307. The molecule has 0 aliphatic heterocycles. The van der Waals surface area contributed by atoms with E-state index in [-0.39, 0.29) is 17.9 Å². The molecular weight excluding hydrogens is 444 g/mol. The molecule has 0 spiro atoms. The number of thiazole rings is 1. The maximum atomic E-state index is 12.9. The molecule has 0 amide bonds. The topological polar surface area (TPSA) is 128 Å². The molecule has 10 nitrogen and oxygen atoms in total. The molecule has 0 radical (unpaired) electrons. The second kappa shape index (κ2) is 8.28. The standard InChI is InChI=1S/C22H16N6O4S/c1-13-5-2-3-8-17(13)32-12-19-24-22-27(26-19)21(29)18(33-22)10-15-11-23-25-20(15)14-6-4-7-16(9-14)28(30)31/h2-11H,12H2,1H3,(H,23,25). The number of H-pyrrole nitrogens is 1. The predicted octanol–water partition coefficient (Wildman–Crippen LogP) is 2.88. The number of non-ortho nitro benzene ring substituents is 1. The van der Waals surface area contributed by atoms with Gasteiger partial charge in [-0.3, -0.25) is 20.0 Å². The molecule has 1 N–H and O–H groups in total. The van der Waals surface area contributed by atoms with Gasteiger partial charge in [0.05, 0.1) is 21.3 Å². The number of aromatic amines is 1. The normalized spacial score (nSPS) is 11.8. The molecule has 2 aromatic carbocycles. The minimum Gasteiger partial charge on any atom is -0.485 e. The van der Waals surface area contributed by atoms with Crippen molar-refractivity contribution in [2.45, 2.75) is 13.5 Å². The van der Waals surface area contributed by atoms with Crippen molar-refractivity contribution in [3.05, 3.63) is 96.7 Å². The van der Waals surface area contributed by atoms with E-state index in [9.17, 15) is 14.9 Å². The molecule has 33 heavy (non-hydrogen) atoms. The van der Waals surface area contributed by atoms with Crippen LogP contribution in [-0.4, -0.2) is 29.7 Å². The van der Waals surface area contributed by atoms with E-state index in [1.165, 1.54) is 28.0 Å². The third kappa shape index (κ3) is 3.96. The number of rotatable bonds is 6. The summed E-state index contributed by atoms with van der Waals surface area (Å²) >= 11 is 1.20. The van der Waals surface area contributed by atoms with Crippen molar-refractivity contribution in [2.24, 2.45) is 0 Å². The number of benzene rings is 2. The van der Waals surface area contributed by atoms with Crippen LogP contribution in [0.15, 0.2) is 59.5 Å². The van der Waals surface area contributed by atoms with Crippen molar-refractivity contribution in [3.63, 3.8) is 0 Å². The summed E-state index contributed by atoms with van der Waals surface area (Å²) < 4.78 is 7.44. The van der Waals surface area contributed by atoms with Gasteiger partial charge in [0.25, 0.3) is 11.2 Å². The largest absolute Gasteiger partial charge is 0.485 e. The molecular formula is C22H16N6O4S. The summed E-state index contributed by atoms with van der Waals surface area (Å²) in [6, 6.07) is 13.8. The monoisotopic (exact) mass is 460 g/mol. The maximum Gasteiger partial charge on any atom is 0.291 e. The SMILES string of the molecule is Cc1ccccc1OCc1nc2sc(=Cc3cn[nH]c3-c3cccc([N+](=O)[O-])c3)c(=O)n2n1. The molecule has 0 bridgehead atoms. The summed E-state index contributed by atoms with van der Waals surface area (Å²) in [6.07, 6.45) is 3.23. The zero-order chi connectivity index (χ0) is 22.9. The number of fused-ring (bicyclic) bond motifs is 1. The molecule has 5 rings (SSSR count). The van der Waals surface area contributed by atoms with E-state index in [1.54, 1.807) is 24.4 Å². The smallest absolute Gasteiger partial charge is 0.291 e. The molecule has 0 atom stereocenters. The molecule has 3 heterocycles. The second-order valence-electron chi connectivity index (χ2n) is 7.20. The number of aromatic nitrogens is 5. The van der Waals surface area contributed by atoms with Crippen molar-refractivity contribution in [1.82, 2.24) is 24.8 Å². The zero-order valence-electron chi connectivity index (χ0n) is 17.3. The molecule has 0 saturated carbocycles. The highest BCUT2D eigenvalue weighted by molar-refractivity contribution is 7.15. The number of nitrogens with one attached hydrogen (secondary N) is 1. The summed E-state index contributed by atoms with van der Waals surface area (Å²) in [5.41, 5.74) is 2.45. The van der Waals surface area contributed by atoms with Gasteiger partial charge in [0.15, 0.2) is 5.82 Å². The molecule has 0 fully saturated rings. The lowest BCUT2D eigenvalue weighted by Gasteiger charge is -2.05. The number of ether oxygens (including phenoxy) is 1. The maximum absolute atomic E-state index is 12.9. The first-order valence-electron chi connectivity index (χ1n) is 9.86. The number of nitro groups is 1. The van der Waals surface area contributed by atoms with Crippen LogP contribution in [0, 0.1) is 17.0 Å². The van der Waals surface area contributed by atoms with Gasteiger partial charge in [-0.05, 0) is 24.6 Å². The van der Waals surface area contributed by atoms with Crippen LogP contribution in [0.1, 0.15) is 17.0 Å². The van der Waals surface area contributed by atoms with Gasteiger partial charge in [-0.1, -0.05) is 41.7 Å². The van der Waals surface area contributed by atoms with Crippen LogP contribution in [0.4, 0.5) is 5.69 Å². The first-order valence-corrected chi connectivity index (χ1v) is 10.7. The first-order chi connectivity index (χ1) is 16.0. The van der Waals surface area contributed by atoms with Crippen molar-refractivity contribution >= 4 is 28.1 Å². The molecule has 3 aromatic heterocycles. The van der Waals surface area contributed by atoms with E-state index >= 15 is 0 Å². The second-order valence-corrected chi connectivity index (χ2v) is 8.21. The summed E-state index contributed by atoms with van der Waals surface area (Å²) in [4.78, 5) is 28.4. The van der Waals surface area contributed by atoms with Crippen LogP contribution >= 0.6 is 11.3 Å². The van der Waals surface area contributed by atoms with E-state index < -0.39 is 4.92 Å². The summed E-state index contributed by atoms with van der Waals surface area (Å²) in [6.45, 7) is 2.10. The predicted molar refractivity (Wildman–Crippen MR) is 122 cm³/mol. The van der Waals surface area contributed by atoms with Crippen molar-refractivity contribution in [1.29, 1.82) is 0 Å². The van der Waals surface area contributed by atoms with Gasteiger partial charge in [0.1, 0.15) is 12.4 Å². The lowest BCUT2D eigenvalue weighted by Crippen LogP contribution is -2.24. The van der Waals surface area contributed by atoms with Gasteiger partial charge in [-0.2, -0.15) is 14.6 Å². The molecule has 0 aliphatic rings. The number of hydrogen-bond acceptors (Lipinski definition) is 8. The summed E-state index contributed by atoms with van der Waals surface area (Å²) in [5, 5.41) is 22.3. The highest BCUT2D eigenvalue weighted by Gasteiger charge is 2.14. The third-order valence-electron chi connectivity index (χ3n) is 4.98. The molecule has 0 saturated heterocycles. The average molecular weight is 460 g/mol. The quantitative estimate of drug-likeness (QED) is 0.305. The zero-order valence-corrected chi connectivity index (χ0v) is 18.1. The fourth-order valence-corrected chi connectivity index (χ4v) is 4.27. The Balaban J connectivity index is 1.45. The lowest BCUT2D eigenvalue weighted by molar-refractivity contribution is -0.384. The summed E-state index contributed by atoms with van der Waals surface area (Å²) in [7, 11) is 0. The van der Waals surface area contributed by atoms with Crippen LogP contribution in [0.3, 0.4) is 0 Å². The van der Waals surface area contributed by atoms with Crippen LogP contribution in [0.25, 0.3) is 22.3 Å². The van der Waals surface area contributed by atoms with E-state index in [1.807, 2.05) is 31.2 Å². The number of nitrogens with zero attached hydrogens (tertiary/aromatic N) is 5. The Hall–Kier alpha value is -4.38. The molecule has 0 aliphatic carbocycles. The van der Waals surface area contributed by atoms with Crippen LogP contribution in [-0.2, 0) is 6.61 Å². The first kappa shape index (κ1) is 20.5. The fraction of sp³-hybridized carbons (Fsp3) is 0.0909. The van der Waals surface area contributed by atoms with Crippen molar-refractivity contribution in [2.75, 3.05) is 0 Å². The lowest BCUT2D eigenvalue weighted by atomic mass is 10.1. The number of nitro benzene ring substituents is 1. The van der Waals surface area contributed by atoms with Crippen LogP contribution in [0.2, 0.25) is 0 Å². The Morgan fingerprint density at radius 3 is 2.88 bits per heavy atom. The van der Waals surface area contributed by atoms with Gasteiger partial charge in [-0.25, -0.2) is 0 Å². The molecule has 11 heteroatoms. The Kier molecular flexibility index (Phi) is 5.15. The van der Waals surface area contributed by atoms with E-state index in [0.29, 0.717) is 32.1 Å². The van der Waals surface area contributed by atoms with Crippen molar-refractivity contribution < 1.29 is 9.66 Å². The molecule has 164 valence electrons. The van der Waals surface area contributed by atoms with Gasteiger partial charge in [0, 0.05) is 23.3 Å². The van der Waals surface area contributed by atoms with Crippen LogP contribution < -0.4 is 14.8 Å². The minimum atomic E-state index is -0.459. The van der Waals surface area contributed by atoms with Gasteiger partial charge < -0.3 is 4.74 Å². The summed E-state index contributed by atoms with van der Waals surface area (Å²) in [5.74, 6) is 1.15. The Morgan fingerprint density at radius 1 is 1.24 bits per heavy atom. The number of hydrogen-bond donors (Lipinski definition) is 1. The van der Waals surface area contributed by atoms with E-state index in [2.05, 4.69) is 20.3 Å². The number of aryl methyl sites for hydroxylation is 1. The van der Waals surface area contributed by atoms with Gasteiger partial charge >= 0.3 is 0 Å². The highest BCUT2D eigenvalue weighted by atomic mass is 32.1. The van der Waals surface area contributed by atoms with Gasteiger partial charge in [-0.15, -0.1) is 5.10 Å². The molecule has 5 aromatic rings. The Morgan fingerprint density at radius 2 is 2.09 bits per heavy atom. The number of para-hydroxylation sites is 1. The van der Waals surface area contributed by atoms with E-state index in [0.717, 1.165) is 11.3 Å². The average Bonchev–Trinajstić information content (AvgIpc) is 3.51. The fourth-order valence-electron chi connectivity index (χ4n) is 3.35. The Labute approximate surface area is 189 Å². The van der Waals surface area contributed by atoms with Crippen LogP contribution in [0.5, 0.6) is 5.75 Å². The molecule has 0 unspecified atom stereocenters. The van der Waals surface area contributed by atoms with E-state index in [4.69, 9.17) is 4.74 Å². The Bertz CT molecular complexity index is 1600.